The maximum absolute atomic E-state index is 6.35. The average molecular weight is 518 g/mol. The van der Waals surface area contributed by atoms with Crippen molar-refractivity contribution in [3.8, 4) is 17.2 Å². The van der Waals surface area contributed by atoms with Gasteiger partial charge < -0.3 is 4.42 Å². The lowest BCUT2D eigenvalue weighted by Gasteiger charge is -2.09. The molecule has 5 aromatic carbocycles. The van der Waals surface area contributed by atoms with E-state index in [4.69, 9.17) is 14.4 Å². The smallest absolute Gasteiger partial charge is 0.236 e. The number of rotatable bonds is 2. The van der Waals surface area contributed by atoms with Crippen molar-refractivity contribution < 1.29 is 4.42 Å². The van der Waals surface area contributed by atoms with E-state index in [0.717, 1.165) is 38.8 Å². The number of benzene rings is 5. The molecule has 9 aromatic rings. The van der Waals surface area contributed by atoms with Crippen molar-refractivity contribution in [3.63, 3.8) is 0 Å². The molecule has 39 heavy (non-hydrogen) atoms. The minimum Gasteiger partial charge on any atom is -0.452 e. The summed E-state index contributed by atoms with van der Waals surface area (Å²) in [7, 11) is 0. The van der Waals surface area contributed by atoms with Crippen molar-refractivity contribution >= 4 is 75.4 Å². The summed E-state index contributed by atoms with van der Waals surface area (Å²) in [5.41, 5.74) is 6.31. The molecule has 0 aliphatic carbocycles. The first-order chi connectivity index (χ1) is 19.3. The van der Waals surface area contributed by atoms with Gasteiger partial charge in [0.15, 0.2) is 5.58 Å². The van der Waals surface area contributed by atoms with Crippen molar-refractivity contribution in [1.82, 2.24) is 14.5 Å². The minimum atomic E-state index is 0.637. The SMILES string of the molecule is c1ccc(-c2nc(-n3c4ccccc4c4cc5sc6ccccc6c5cc43)nc3c2oc2ccccc23)cc1. The lowest BCUT2D eigenvalue weighted by Crippen LogP contribution is -2.02. The fourth-order valence-electron chi connectivity index (χ4n) is 5.87. The second-order valence-electron chi connectivity index (χ2n) is 9.83. The average Bonchev–Trinajstić information content (AvgIpc) is 3.65. The first kappa shape index (κ1) is 21.0. The van der Waals surface area contributed by atoms with Gasteiger partial charge >= 0.3 is 0 Å². The lowest BCUT2D eigenvalue weighted by molar-refractivity contribution is 0.666. The highest BCUT2D eigenvalue weighted by Gasteiger charge is 2.21. The van der Waals surface area contributed by atoms with Crippen LogP contribution in [0.3, 0.4) is 0 Å². The number of furan rings is 1. The highest BCUT2D eigenvalue weighted by Crippen LogP contribution is 2.41. The Kier molecular flexibility index (Phi) is 4.18. The van der Waals surface area contributed by atoms with E-state index in [-0.39, 0.29) is 0 Å². The van der Waals surface area contributed by atoms with Crippen LogP contribution in [0, 0.1) is 0 Å². The van der Waals surface area contributed by atoms with Crippen molar-refractivity contribution in [2.45, 2.75) is 0 Å². The van der Waals surface area contributed by atoms with Gasteiger partial charge in [0.25, 0.3) is 0 Å². The maximum Gasteiger partial charge on any atom is 0.236 e. The molecule has 0 amide bonds. The fraction of sp³-hybridized carbons (Fsp3) is 0. The summed E-state index contributed by atoms with van der Waals surface area (Å²) in [6, 6.07) is 40.1. The molecule has 0 radical (unpaired) electrons. The quantitative estimate of drug-likeness (QED) is 0.229. The third-order valence-corrected chi connectivity index (χ3v) is 8.76. The molecule has 0 aliphatic heterocycles. The van der Waals surface area contributed by atoms with Gasteiger partial charge in [-0.1, -0.05) is 78.9 Å². The van der Waals surface area contributed by atoms with Gasteiger partial charge in [-0.05, 0) is 36.4 Å². The Balaban J connectivity index is 1.46. The number of thiophene rings is 1. The van der Waals surface area contributed by atoms with Crippen LogP contribution in [0.1, 0.15) is 0 Å². The van der Waals surface area contributed by atoms with E-state index in [1.54, 1.807) is 0 Å². The van der Waals surface area contributed by atoms with Gasteiger partial charge in [-0.3, -0.25) is 4.57 Å². The molecule has 0 spiro atoms. The second-order valence-corrected chi connectivity index (χ2v) is 10.9. The van der Waals surface area contributed by atoms with E-state index in [9.17, 15) is 0 Å². The summed E-state index contributed by atoms with van der Waals surface area (Å²) < 4.78 is 11.1. The zero-order valence-electron chi connectivity index (χ0n) is 20.6. The van der Waals surface area contributed by atoms with Crippen molar-refractivity contribution in [2.75, 3.05) is 0 Å². The van der Waals surface area contributed by atoms with E-state index in [0.29, 0.717) is 11.5 Å². The van der Waals surface area contributed by atoms with Crippen molar-refractivity contribution in [1.29, 1.82) is 0 Å². The molecule has 4 aromatic heterocycles. The minimum absolute atomic E-state index is 0.637. The van der Waals surface area contributed by atoms with E-state index in [1.165, 1.54) is 30.9 Å². The first-order valence-corrected chi connectivity index (χ1v) is 13.7. The molecule has 0 saturated carbocycles. The van der Waals surface area contributed by atoms with E-state index >= 15 is 0 Å². The summed E-state index contributed by atoms with van der Waals surface area (Å²) in [5.74, 6) is 0.637. The first-order valence-electron chi connectivity index (χ1n) is 12.9. The summed E-state index contributed by atoms with van der Waals surface area (Å²) >= 11 is 1.84. The Hall–Kier alpha value is -5.00. The predicted molar refractivity (Wildman–Crippen MR) is 162 cm³/mol. The Bertz CT molecular complexity index is 2400. The van der Waals surface area contributed by atoms with Crippen LogP contribution in [-0.2, 0) is 0 Å². The lowest BCUT2D eigenvalue weighted by atomic mass is 10.1. The molecule has 0 bridgehead atoms. The topological polar surface area (TPSA) is 43.9 Å². The summed E-state index contributed by atoms with van der Waals surface area (Å²) in [6.45, 7) is 0. The summed E-state index contributed by atoms with van der Waals surface area (Å²) in [6.07, 6.45) is 0. The van der Waals surface area contributed by atoms with Crippen LogP contribution >= 0.6 is 11.3 Å². The normalized spacial score (nSPS) is 12.1. The molecule has 5 heteroatoms. The molecule has 0 N–H and O–H groups in total. The number of hydrogen-bond donors (Lipinski definition) is 0. The van der Waals surface area contributed by atoms with Crippen LogP contribution in [0.2, 0.25) is 0 Å². The largest absolute Gasteiger partial charge is 0.452 e. The standard InChI is InChI=1S/C34H19N3OS/c1-2-10-20(11-3-1)31-33-32(23-14-5-8-16-28(23)38-33)36-34(35-31)37-26-15-7-4-12-21(26)24-19-30-25(18-27(24)37)22-13-6-9-17-29(22)39-30/h1-19H. The summed E-state index contributed by atoms with van der Waals surface area (Å²) in [5, 5.41) is 5.91. The third-order valence-electron chi connectivity index (χ3n) is 7.63. The van der Waals surface area contributed by atoms with Gasteiger partial charge in [-0.15, -0.1) is 11.3 Å². The van der Waals surface area contributed by atoms with Crippen LogP contribution in [0.4, 0.5) is 0 Å². The number of fused-ring (bicyclic) bond motifs is 9. The number of nitrogens with zero attached hydrogens (tertiary/aromatic N) is 3. The zero-order chi connectivity index (χ0) is 25.5. The number of para-hydroxylation sites is 2. The van der Waals surface area contributed by atoms with Gasteiger partial charge in [0.2, 0.25) is 5.95 Å². The van der Waals surface area contributed by atoms with Gasteiger partial charge in [0, 0.05) is 41.9 Å². The van der Waals surface area contributed by atoms with Crippen LogP contribution < -0.4 is 0 Å². The molecule has 0 unspecified atom stereocenters. The second kappa shape index (κ2) is 7.76. The maximum atomic E-state index is 6.35. The van der Waals surface area contributed by atoms with Gasteiger partial charge in [-0.2, -0.15) is 0 Å². The predicted octanol–water partition coefficient (Wildman–Crippen LogP) is 9.51. The highest BCUT2D eigenvalue weighted by atomic mass is 32.1. The van der Waals surface area contributed by atoms with Crippen LogP contribution in [0.25, 0.3) is 81.3 Å². The Morgan fingerprint density at radius 1 is 0.564 bits per heavy atom. The Morgan fingerprint density at radius 3 is 2.21 bits per heavy atom. The highest BCUT2D eigenvalue weighted by molar-refractivity contribution is 7.25. The van der Waals surface area contributed by atoms with Crippen molar-refractivity contribution in [3.05, 3.63) is 115 Å². The fourth-order valence-corrected chi connectivity index (χ4v) is 7.00. The van der Waals surface area contributed by atoms with Gasteiger partial charge in [-0.25, -0.2) is 9.97 Å². The van der Waals surface area contributed by atoms with Crippen molar-refractivity contribution in [2.24, 2.45) is 0 Å². The molecule has 4 nitrogen and oxygen atoms in total. The van der Waals surface area contributed by atoms with Gasteiger partial charge in [0.1, 0.15) is 16.8 Å². The molecular formula is C34H19N3OS. The third kappa shape index (κ3) is 2.93. The summed E-state index contributed by atoms with van der Waals surface area (Å²) in [4.78, 5) is 10.4. The van der Waals surface area contributed by atoms with Crippen LogP contribution in [0.15, 0.2) is 120 Å². The molecular weight excluding hydrogens is 498 g/mol. The molecule has 0 saturated heterocycles. The Morgan fingerprint density at radius 2 is 1.31 bits per heavy atom. The zero-order valence-corrected chi connectivity index (χ0v) is 21.4. The molecule has 9 rings (SSSR count). The monoisotopic (exact) mass is 517 g/mol. The van der Waals surface area contributed by atoms with Crippen LogP contribution in [0.5, 0.6) is 0 Å². The molecule has 0 fully saturated rings. The van der Waals surface area contributed by atoms with E-state index < -0.39 is 0 Å². The van der Waals surface area contributed by atoms with E-state index in [2.05, 4.69) is 83.4 Å². The number of hydrogen-bond acceptors (Lipinski definition) is 4. The number of aromatic nitrogens is 3. The Labute approximate surface area is 226 Å². The molecule has 4 heterocycles. The van der Waals surface area contributed by atoms with E-state index in [1.807, 2.05) is 47.7 Å². The van der Waals surface area contributed by atoms with Gasteiger partial charge in [0.05, 0.1) is 11.0 Å². The molecule has 0 atom stereocenters. The molecule has 0 aliphatic rings. The van der Waals surface area contributed by atoms with Crippen LogP contribution in [-0.4, -0.2) is 14.5 Å². The molecule has 182 valence electrons.